The Bertz CT molecular complexity index is 848. The van der Waals surface area contributed by atoms with Gasteiger partial charge in [-0.25, -0.2) is 0 Å². The molecule has 0 bridgehead atoms. The normalized spacial score (nSPS) is 15.4. The number of hydrogen-bond acceptors (Lipinski definition) is 4. The quantitative estimate of drug-likeness (QED) is 0.670. The van der Waals surface area contributed by atoms with Crippen molar-refractivity contribution in [3.05, 3.63) is 60.2 Å². The van der Waals surface area contributed by atoms with E-state index in [9.17, 15) is 9.59 Å². The van der Waals surface area contributed by atoms with E-state index in [0.29, 0.717) is 50.6 Å². The van der Waals surface area contributed by atoms with Gasteiger partial charge in [-0.3, -0.25) is 14.5 Å². The molecule has 0 saturated carbocycles. The number of aryl methyl sites for hydroxylation is 1. The highest BCUT2D eigenvalue weighted by atomic mass is 16.5. The van der Waals surface area contributed by atoms with Gasteiger partial charge in [0.25, 0.3) is 0 Å². The molecule has 1 aliphatic heterocycles. The molecule has 31 heavy (non-hydrogen) atoms. The average molecular weight is 424 g/mol. The predicted octanol–water partition coefficient (Wildman–Crippen LogP) is 3.58. The third-order valence-corrected chi connectivity index (χ3v) is 5.74. The van der Waals surface area contributed by atoms with Gasteiger partial charge >= 0.3 is 0 Å². The van der Waals surface area contributed by atoms with Gasteiger partial charge in [0.1, 0.15) is 5.75 Å². The molecular weight excluding hydrogens is 390 g/mol. The Hall–Kier alpha value is -2.86. The Kier molecular flexibility index (Phi) is 8.47. The molecule has 2 amide bonds. The lowest BCUT2D eigenvalue weighted by Gasteiger charge is -2.37. The first-order valence-corrected chi connectivity index (χ1v) is 11.2. The number of piperazine rings is 1. The smallest absolute Gasteiger partial charge is 0.241 e. The van der Waals surface area contributed by atoms with Crippen LogP contribution < -0.4 is 10.1 Å². The number of rotatable bonds is 9. The zero-order valence-corrected chi connectivity index (χ0v) is 18.5. The summed E-state index contributed by atoms with van der Waals surface area (Å²) >= 11 is 0. The second kappa shape index (κ2) is 11.5. The summed E-state index contributed by atoms with van der Waals surface area (Å²) in [5.41, 5.74) is 1.96. The highest BCUT2D eigenvalue weighted by molar-refractivity contribution is 5.95. The van der Waals surface area contributed by atoms with Crippen LogP contribution in [0.5, 0.6) is 5.75 Å². The van der Waals surface area contributed by atoms with E-state index in [1.807, 2.05) is 61.2 Å². The van der Waals surface area contributed by atoms with Crippen molar-refractivity contribution in [3.63, 3.8) is 0 Å². The third kappa shape index (κ3) is 6.56. The lowest BCUT2D eigenvalue weighted by atomic mass is 10.1. The highest BCUT2D eigenvalue weighted by Gasteiger charge is 2.27. The van der Waals surface area contributed by atoms with Gasteiger partial charge in [0.2, 0.25) is 11.8 Å². The monoisotopic (exact) mass is 423 g/mol. The first-order chi connectivity index (χ1) is 15.1. The van der Waals surface area contributed by atoms with Crippen LogP contribution in [0.2, 0.25) is 0 Å². The number of carbonyl (C=O) groups excluding carboxylic acids is 2. The SMILES string of the molecule is CCOc1ccccc1NC(=O)C(C)N1CCN(C(=O)CCCc2ccccc2)CC1. The van der Waals surface area contributed by atoms with E-state index in [2.05, 4.69) is 22.3 Å². The summed E-state index contributed by atoms with van der Waals surface area (Å²) in [6.45, 7) is 7.11. The molecule has 1 aliphatic rings. The average Bonchev–Trinajstić information content (AvgIpc) is 2.80. The second-order valence-corrected chi connectivity index (χ2v) is 7.85. The molecule has 166 valence electrons. The molecule has 1 fully saturated rings. The number of benzene rings is 2. The topological polar surface area (TPSA) is 61.9 Å². The fraction of sp³-hybridized carbons (Fsp3) is 0.440. The summed E-state index contributed by atoms with van der Waals surface area (Å²) in [5.74, 6) is 0.824. The number of hydrogen-bond donors (Lipinski definition) is 1. The van der Waals surface area contributed by atoms with Gasteiger partial charge in [0.05, 0.1) is 18.3 Å². The molecule has 0 aromatic heterocycles. The molecule has 1 heterocycles. The number of nitrogens with one attached hydrogen (secondary N) is 1. The molecule has 3 rings (SSSR count). The predicted molar refractivity (Wildman–Crippen MR) is 123 cm³/mol. The first-order valence-electron chi connectivity index (χ1n) is 11.2. The molecular formula is C25H33N3O3. The molecule has 1 N–H and O–H groups in total. The van der Waals surface area contributed by atoms with Crippen LogP contribution in [0.25, 0.3) is 0 Å². The summed E-state index contributed by atoms with van der Waals surface area (Å²) in [7, 11) is 0. The maximum absolute atomic E-state index is 12.8. The zero-order valence-electron chi connectivity index (χ0n) is 18.5. The van der Waals surface area contributed by atoms with Crippen molar-refractivity contribution in [3.8, 4) is 5.75 Å². The maximum atomic E-state index is 12.8. The number of nitrogens with zero attached hydrogens (tertiary/aromatic N) is 2. The van der Waals surface area contributed by atoms with E-state index in [1.165, 1.54) is 5.56 Å². The summed E-state index contributed by atoms with van der Waals surface area (Å²) in [5, 5.41) is 2.98. The fourth-order valence-corrected chi connectivity index (χ4v) is 3.86. The largest absolute Gasteiger partial charge is 0.492 e. The maximum Gasteiger partial charge on any atom is 0.241 e. The first kappa shape index (κ1) is 22.8. The van der Waals surface area contributed by atoms with Gasteiger partial charge in [-0.1, -0.05) is 42.5 Å². The molecule has 6 nitrogen and oxygen atoms in total. The van der Waals surface area contributed by atoms with Gasteiger partial charge in [-0.15, -0.1) is 0 Å². The Morgan fingerprint density at radius 3 is 2.39 bits per heavy atom. The number of anilines is 1. The standard InChI is InChI=1S/C25H33N3O3/c1-3-31-23-14-8-7-13-22(23)26-25(30)20(2)27-16-18-28(19-17-27)24(29)15-9-12-21-10-5-4-6-11-21/h4-8,10-11,13-14,20H,3,9,12,15-19H2,1-2H3,(H,26,30). The molecule has 1 saturated heterocycles. The van der Waals surface area contributed by atoms with Crippen LogP contribution in [0.4, 0.5) is 5.69 Å². The Morgan fingerprint density at radius 1 is 1.00 bits per heavy atom. The van der Waals surface area contributed by atoms with E-state index in [-0.39, 0.29) is 17.9 Å². The number of amides is 2. The van der Waals surface area contributed by atoms with Crippen molar-refractivity contribution < 1.29 is 14.3 Å². The van der Waals surface area contributed by atoms with E-state index in [4.69, 9.17) is 4.74 Å². The second-order valence-electron chi connectivity index (χ2n) is 7.85. The summed E-state index contributed by atoms with van der Waals surface area (Å²) in [4.78, 5) is 29.4. The van der Waals surface area contributed by atoms with Gasteiger partial charge in [0, 0.05) is 32.6 Å². The molecule has 0 spiro atoms. The van der Waals surface area contributed by atoms with Crippen molar-refractivity contribution in [1.29, 1.82) is 0 Å². The molecule has 2 aromatic rings. The summed E-state index contributed by atoms with van der Waals surface area (Å²) < 4.78 is 5.59. The van der Waals surface area contributed by atoms with Crippen molar-refractivity contribution in [2.24, 2.45) is 0 Å². The van der Waals surface area contributed by atoms with Crippen LogP contribution in [0.1, 0.15) is 32.3 Å². The van der Waals surface area contributed by atoms with Gasteiger partial charge in [-0.2, -0.15) is 0 Å². The zero-order chi connectivity index (χ0) is 22.1. The van der Waals surface area contributed by atoms with Crippen molar-refractivity contribution in [2.75, 3.05) is 38.1 Å². The Morgan fingerprint density at radius 2 is 1.68 bits per heavy atom. The van der Waals surface area contributed by atoms with Crippen LogP contribution in [-0.2, 0) is 16.0 Å². The summed E-state index contributed by atoms with van der Waals surface area (Å²) in [6.07, 6.45) is 2.35. The van der Waals surface area contributed by atoms with E-state index in [0.717, 1.165) is 12.8 Å². The van der Waals surface area contributed by atoms with Crippen molar-refractivity contribution in [2.45, 2.75) is 39.2 Å². The molecule has 2 aromatic carbocycles. The Labute approximate surface area is 185 Å². The number of ether oxygens (including phenoxy) is 1. The molecule has 0 aliphatic carbocycles. The summed E-state index contributed by atoms with van der Waals surface area (Å²) in [6, 6.07) is 17.5. The van der Waals surface area contributed by atoms with Gasteiger partial charge < -0.3 is 15.0 Å². The fourth-order valence-electron chi connectivity index (χ4n) is 3.86. The third-order valence-electron chi connectivity index (χ3n) is 5.74. The minimum atomic E-state index is -0.273. The van der Waals surface area contributed by atoms with E-state index >= 15 is 0 Å². The van der Waals surface area contributed by atoms with E-state index in [1.54, 1.807) is 0 Å². The molecule has 0 radical (unpaired) electrons. The highest BCUT2D eigenvalue weighted by Crippen LogP contribution is 2.24. The van der Waals surface area contributed by atoms with Crippen LogP contribution in [0, 0.1) is 0 Å². The van der Waals surface area contributed by atoms with Crippen LogP contribution in [0.15, 0.2) is 54.6 Å². The Balaban J connectivity index is 1.43. The van der Waals surface area contributed by atoms with Gasteiger partial charge in [-0.05, 0) is 44.4 Å². The van der Waals surface area contributed by atoms with Crippen LogP contribution in [-0.4, -0.2) is 60.4 Å². The minimum Gasteiger partial charge on any atom is -0.492 e. The van der Waals surface area contributed by atoms with Gasteiger partial charge in [0.15, 0.2) is 0 Å². The van der Waals surface area contributed by atoms with Crippen molar-refractivity contribution >= 4 is 17.5 Å². The lowest BCUT2D eigenvalue weighted by molar-refractivity contribution is -0.133. The van der Waals surface area contributed by atoms with E-state index < -0.39 is 0 Å². The van der Waals surface area contributed by atoms with Crippen LogP contribution >= 0.6 is 0 Å². The number of carbonyl (C=O) groups is 2. The number of para-hydroxylation sites is 2. The van der Waals surface area contributed by atoms with Crippen molar-refractivity contribution in [1.82, 2.24) is 9.80 Å². The molecule has 1 atom stereocenters. The molecule has 6 heteroatoms. The molecule has 1 unspecified atom stereocenters. The minimum absolute atomic E-state index is 0.0604. The van der Waals surface area contributed by atoms with Crippen LogP contribution in [0.3, 0.4) is 0 Å². The lowest BCUT2D eigenvalue weighted by Crippen LogP contribution is -2.54.